The van der Waals surface area contributed by atoms with E-state index in [1.165, 1.54) is 0 Å². The van der Waals surface area contributed by atoms with Crippen LogP contribution in [0.15, 0.2) is 6.07 Å². The molecule has 1 aromatic heterocycles. The molecule has 0 aromatic carbocycles. The standard InChI is InChI=1S/C33H60N6O6S/c1-20(2)15-27(29(40)17-23(7)30(41)36-28(16-21(3)4)31(42)34-19-22(5)6)35-32(43)26(11-14-46-10)37-33(44)45-13-12-39-25(9)18-24(8)38-39/h18,20-23,26-29,40H,11-17,19H2,1-10H3,(H,34,42)(H,35,43)(H,36,41)(H,37,44)/t23-,26+,27+,28+,29+/m1/s1. The molecule has 0 fully saturated rings. The number of ether oxygens (including phenoxy) is 1. The molecule has 0 bridgehead atoms. The zero-order valence-corrected chi connectivity index (χ0v) is 30.5. The van der Waals surface area contributed by atoms with Gasteiger partial charge in [0, 0.05) is 18.2 Å². The summed E-state index contributed by atoms with van der Waals surface area (Å²) in [6.45, 7) is 18.5. The maximum Gasteiger partial charge on any atom is 0.407 e. The van der Waals surface area contributed by atoms with Gasteiger partial charge in [0.25, 0.3) is 0 Å². The number of aromatic nitrogens is 2. The minimum absolute atomic E-state index is 0.0861. The Kier molecular flexibility index (Phi) is 19.0. The quantitative estimate of drug-likeness (QED) is 0.133. The van der Waals surface area contributed by atoms with Gasteiger partial charge < -0.3 is 31.1 Å². The molecule has 0 aliphatic rings. The fraction of sp³-hybridized carbons (Fsp3) is 0.788. The Bertz CT molecular complexity index is 1090. The normalized spacial score (nSPS) is 14.8. The summed E-state index contributed by atoms with van der Waals surface area (Å²) in [6, 6.07) is -0.246. The van der Waals surface area contributed by atoms with Crippen molar-refractivity contribution in [3.63, 3.8) is 0 Å². The molecule has 0 saturated heterocycles. The van der Waals surface area contributed by atoms with Crippen LogP contribution in [0.25, 0.3) is 0 Å². The van der Waals surface area contributed by atoms with E-state index in [-0.39, 0.29) is 42.6 Å². The molecule has 1 rings (SSSR count). The van der Waals surface area contributed by atoms with E-state index < -0.39 is 42.1 Å². The van der Waals surface area contributed by atoms with Crippen LogP contribution < -0.4 is 21.3 Å². The lowest BCUT2D eigenvalue weighted by Crippen LogP contribution is -2.54. The Hall–Kier alpha value is -2.80. The fourth-order valence-electron chi connectivity index (χ4n) is 5.00. The Morgan fingerprint density at radius 1 is 0.870 bits per heavy atom. The number of aliphatic hydroxyl groups excluding tert-OH is 1. The van der Waals surface area contributed by atoms with Crippen molar-refractivity contribution < 1.29 is 29.0 Å². The zero-order valence-electron chi connectivity index (χ0n) is 29.6. The van der Waals surface area contributed by atoms with E-state index in [2.05, 4.69) is 26.4 Å². The first-order valence-corrected chi connectivity index (χ1v) is 17.9. The molecule has 5 atom stereocenters. The van der Waals surface area contributed by atoms with E-state index in [0.717, 1.165) is 11.4 Å². The van der Waals surface area contributed by atoms with E-state index in [9.17, 15) is 24.3 Å². The third-order valence-corrected chi connectivity index (χ3v) is 8.09. The van der Waals surface area contributed by atoms with Crippen molar-refractivity contribution in [3.05, 3.63) is 17.5 Å². The van der Waals surface area contributed by atoms with Crippen LogP contribution >= 0.6 is 11.8 Å². The first kappa shape index (κ1) is 41.2. The van der Waals surface area contributed by atoms with Crippen LogP contribution in [0, 0.1) is 37.5 Å². The summed E-state index contributed by atoms with van der Waals surface area (Å²) in [5.74, 6) is -0.353. The Morgan fingerprint density at radius 3 is 2.07 bits per heavy atom. The van der Waals surface area contributed by atoms with Crippen LogP contribution in [0.1, 0.15) is 85.5 Å². The highest BCUT2D eigenvalue weighted by atomic mass is 32.2. The van der Waals surface area contributed by atoms with Gasteiger partial charge in [0.05, 0.1) is 24.4 Å². The number of carbonyl (C=O) groups excluding carboxylic acids is 4. The molecule has 1 aromatic rings. The predicted octanol–water partition coefficient (Wildman–Crippen LogP) is 3.57. The number of rotatable bonds is 21. The van der Waals surface area contributed by atoms with Crippen molar-refractivity contribution >= 4 is 35.6 Å². The van der Waals surface area contributed by atoms with Crippen LogP contribution in [-0.2, 0) is 25.7 Å². The lowest BCUT2D eigenvalue weighted by molar-refractivity contribution is -0.132. The molecule has 13 heteroatoms. The Balaban J connectivity index is 2.87. The number of amides is 4. The van der Waals surface area contributed by atoms with Crippen LogP contribution in [0.3, 0.4) is 0 Å². The lowest BCUT2D eigenvalue weighted by atomic mass is 9.91. The summed E-state index contributed by atoms with van der Waals surface area (Å²) in [4.78, 5) is 52.0. The molecule has 264 valence electrons. The summed E-state index contributed by atoms with van der Waals surface area (Å²) in [5.41, 5.74) is 1.84. The minimum Gasteiger partial charge on any atom is -0.448 e. The van der Waals surface area contributed by atoms with Crippen molar-refractivity contribution in [3.8, 4) is 0 Å². The summed E-state index contributed by atoms with van der Waals surface area (Å²) in [7, 11) is 0. The van der Waals surface area contributed by atoms with E-state index in [1.807, 2.05) is 67.7 Å². The molecule has 0 spiro atoms. The smallest absolute Gasteiger partial charge is 0.407 e. The van der Waals surface area contributed by atoms with Crippen molar-refractivity contribution in [2.75, 3.05) is 25.2 Å². The second-order valence-corrected chi connectivity index (χ2v) is 14.5. The second-order valence-electron chi connectivity index (χ2n) is 13.5. The lowest BCUT2D eigenvalue weighted by Gasteiger charge is -2.30. The molecule has 12 nitrogen and oxygen atoms in total. The van der Waals surface area contributed by atoms with Crippen molar-refractivity contribution in [2.24, 2.45) is 23.7 Å². The van der Waals surface area contributed by atoms with Crippen LogP contribution in [0.5, 0.6) is 0 Å². The topological polar surface area (TPSA) is 164 Å². The largest absolute Gasteiger partial charge is 0.448 e. The van der Waals surface area contributed by atoms with Gasteiger partial charge in [0.1, 0.15) is 18.7 Å². The summed E-state index contributed by atoms with van der Waals surface area (Å²) in [5, 5.41) is 27.0. The number of aryl methyl sites for hydroxylation is 2. The van der Waals surface area contributed by atoms with Gasteiger partial charge in [-0.3, -0.25) is 19.1 Å². The highest BCUT2D eigenvalue weighted by Gasteiger charge is 2.31. The number of hydrogen-bond acceptors (Lipinski definition) is 8. The summed E-state index contributed by atoms with van der Waals surface area (Å²) < 4.78 is 7.10. The van der Waals surface area contributed by atoms with Crippen molar-refractivity contribution in [1.82, 2.24) is 31.0 Å². The number of alkyl carbamates (subject to hydrolysis) is 1. The van der Waals surface area contributed by atoms with Crippen LogP contribution in [-0.4, -0.2) is 88.1 Å². The fourth-order valence-corrected chi connectivity index (χ4v) is 5.47. The number of hydrogen-bond donors (Lipinski definition) is 5. The SMILES string of the molecule is CSCC[C@H](NC(=O)OCCn1nc(C)cc1C)C(=O)N[C@@H](CC(C)C)[C@@H](O)C[C@@H](C)C(=O)N[C@@H](CC(C)C)C(=O)NCC(C)C. The maximum absolute atomic E-state index is 13.4. The van der Waals surface area contributed by atoms with Gasteiger partial charge in [-0.1, -0.05) is 48.5 Å². The predicted molar refractivity (Wildman–Crippen MR) is 183 cm³/mol. The van der Waals surface area contributed by atoms with E-state index in [1.54, 1.807) is 23.4 Å². The number of thioether (sulfide) groups is 1. The van der Waals surface area contributed by atoms with Crippen LogP contribution in [0.4, 0.5) is 4.79 Å². The molecular formula is C33H60N6O6S. The summed E-state index contributed by atoms with van der Waals surface area (Å²) >= 11 is 1.55. The van der Waals surface area contributed by atoms with E-state index in [0.29, 0.717) is 38.1 Å². The zero-order chi connectivity index (χ0) is 35.0. The van der Waals surface area contributed by atoms with E-state index in [4.69, 9.17) is 4.74 Å². The van der Waals surface area contributed by atoms with Gasteiger partial charge >= 0.3 is 6.09 Å². The van der Waals surface area contributed by atoms with Gasteiger partial charge in [-0.05, 0) is 75.4 Å². The molecule has 4 amide bonds. The van der Waals surface area contributed by atoms with Crippen LogP contribution in [0.2, 0.25) is 0 Å². The molecule has 0 saturated carbocycles. The average Bonchev–Trinajstić information content (AvgIpc) is 3.28. The van der Waals surface area contributed by atoms with Gasteiger partial charge in [0.15, 0.2) is 0 Å². The number of carbonyl (C=O) groups is 4. The Morgan fingerprint density at radius 2 is 1.52 bits per heavy atom. The first-order chi connectivity index (χ1) is 21.5. The van der Waals surface area contributed by atoms with E-state index >= 15 is 0 Å². The van der Waals surface area contributed by atoms with Gasteiger partial charge in [0.2, 0.25) is 17.7 Å². The van der Waals surface area contributed by atoms with Gasteiger partial charge in [-0.25, -0.2) is 4.79 Å². The molecule has 0 aliphatic heterocycles. The monoisotopic (exact) mass is 668 g/mol. The molecular weight excluding hydrogens is 608 g/mol. The van der Waals surface area contributed by atoms with Crippen molar-refractivity contribution in [1.29, 1.82) is 0 Å². The number of nitrogens with zero attached hydrogens (tertiary/aromatic N) is 2. The van der Waals surface area contributed by atoms with Gasteiger partial charge in [-0.15, -0.1) is 0 Å². The van der Waals surface area contributed by atoms with Gasteiger partial charge in [-0.2, -0.15) is 16.9 Å². The highest BCUT2D eigenvalue weighted by molar-refractivity contribution is 7.98. The minimum atomic E-state index is -1.03. The molecule has 0 radical (unpaired) electrons. The molecule has 1 heterocycles. The molecule has 46 heavy (non-hydrogen) atoms. The van der Waals surface area contributed by atoms with Crippen molar-refractivity contribution in [2.45, 2.75) is 119 Å². The number of nitrogens with one attached hydrogen (secondary N) is 4. The first-order valence-electron chi connectivity index (χ1n) is 16.5. The summed E-state index contributed by atoms with van der Waals surface area (Å²) in [6.07, 6.45) is 1.60. The molecule has 0 unspecified atom stereocenters. The average molecular weight is 669 g/mol. The second kappa shape index (κ2) is 21.1. The molecule has 0 aliphatic carbocycles. The molecule has 5 N–H and O–H groups in total. The number of aliphatic hydroxyl groups is 1. The maximum atomic E-state index is 13.4. The third kappa shape index (κ3) is 16.2. The third-order valence-electron chi connectivity index (χ3n) is 7.44. The highest BCUT2D eigenvalue weighted by Crippen LogP contribution is 2.17. The Labute approximate surface area is 280 Å².